The summed E-state index contributed by atoms with van der Waals surface area (Å²) in [6, 6.07) is 0. The van der Waals surface area contributed by atoms with Crippen LogP contribution in [0.3, 0.4) is 0 Å². The molecular formula is C9H21NO7. The molecule has 0 amide bonds. The number of hydrogen-bond donors (Lipinski definition) is 8. The van der Waals surface area contributed by atoms with E-state index in [0.717, 1.165) is 0 Å². The lowest BCUT2D eigenvalue weighted by Crippen LogP contribution is -2.49. The highest BCUT2D eigenvalue weighted by atomic mass is 16.4. The van der Waals surface area contributed by atoms with Gasteiger partial charge in [-0.1, -0.05) is 0 Å². The van der Waals surface area contributed by atoms with Gasteiger partial charge in [-0.2, -0.15) is 0 Å². The summed E-state index contributed by atoms with van der Waals surface area (Å²) >= 11 is 0. The monoisotopic (exact) mass is 255 g/mol. The molecule has 17 heavy (non-hydrogen) atoms. The molecule has 0 aliphatic carbocycles. The number of aliphatic hydroxyl groups is 7. The van der Waals surface area contributed by atoms with E-state index in [9.17, 15) is 15.3 Å². The van der Waals surface area contributed by atoms with Gasteiger partial charge >= 0.3 is 0 Å². The van der Waals surface area contributed by atoms with E-state index < -0.39 is 43.7 Å². The van der Waals surface area contributed by atoms with Crippen molar-refractivity contribution < 1.29 is 35.7 Å². The van der Waals surface area contributed by atoms with Gasteiger partial charge in [-0.05, 0) is 0 Å². The Kier molecular flexibility index (Phi) is 8.56. The topological polar surface area (TPSA) is 154 Å². The standard InChI is InChI=1S/C9H21NO7/c11-3-5(13)1-10-2-6(14)8(16)9(17)7(15)4-12/h5-17H,1-4H2/t5?,6-,7+,8+,9-/m0/s1. The summed E-state index contributed by atoms with van der Waals surface area (Å²) in [4.78, 5) is 0. The van der Waals surface area contributed by atoms with Gasteiger partial charge in [0.25, 0.3) is 0 Å². The predicted octanol–water partition coefficient (Wildman–Crippen LogP) is -4.63. The van der Waals surface area contributed by atoms with Crippen LogP contribution >= 0.6 is 0 Å². The second-order valence-corrected chi connectivity index (χ2v) is 3.79. The minimum Gasteiger partial charge on any atom is -0.394 e. The number of nitrogens with one attached hydrogen (secondary N) is 1. The first kappa shape index (κ1) is 16.7. The van der Waals surface area contributed by atoms with Crippen LogP contribution in [-0.2, 0) is 0 Å². The average Bonchev–Trinajstić information content (AvgIpc) is 2.35. The van der Waals surface area contributed by atoms with E-state index >= 15 is 0 Å². The summed E-state index contributed by atoms with van der Waals surface area (Å²) in [5.74, 6) is 0. The second-order valence-electron chi connectivity index (χ2n) is 3.79. The van der Waals surface area contributed by atoms with Crippen LogP contribution in [0.2, 0.25) is 0 Å². The SMILES string of the molecule is OCC(O)CNC[C@H](O)[C@@H](O)[C@@H](O)[C@H](O)CO. The Bertz CT molecular complexity index is 194. The molecule has 0 aromatic heterocycles. The lowest BCUT2D eigenvalue weighted by atomic mass is 10.0. The Labute approximate surface area is 98.8 Å². The molecule has 8 heteroatoms. The van der Waals surface area contributed by atoms with E-state index in [0.29, 0.717) is 0 Å². The van der Waals surface area contributed by atoms with Crippen molar-refractivity contribution in [2.75, 3.05) is 26.3 Å². The van der Waals surface area contributed by atoms with Crippen LogP contribution in [0.25, 0.3) is 0 Å². The fourth-order valence-electron chi connectivity index (χ4n) is 1.15. The Hall–Kier alpha value is -0.320. The largest absolute Gasteiger partial charge is 0.394 e. The van der Waals surface area contributed by atoms with Gasteiger partial charge in [0.05, 0.1) is 25.4 Å². The molecule has 0 aromatic carbocycles. The maximum Gasteiger partial charge on any atom is 0.111 e. The Morgan fingerprint density at radius 2 is 1.24 bits per heavy atom. The summed E-state index contributed by atoms with van der Waals surface area (Å²) in [5, 5.41) is 65.7. The molecule has 8 nitrogen and oxygen atoms in total. The molecule has 0 spiro atoms. The number of hydrogen-bond acceptors (Lipinski definition) is 8. The van der Waals surface area contributed by atoms with Crippen molar-refractivity contribution in [1.29, 1.82) is 0 Å². The molecule has 0 saturated heterocycles. The van der Waals surface area contributed by atoms with Crippen molar-refractivity contribution in [2.24, 2.45) is 0 Å². The van der Waals surface area contributed by atoms with Gasteiger partial charge in [0, 0.05) is 13.1 Å². The van der Waals surface area contributed by atoms with E-state index in [2.05, 4.69) is 5.32 Å². The van der Waals surface area contributed by atoms with Crippen LogP contribution in [0.1, 0.15) is 0 Å². The van der Waals surface area contributed by atoms with Crippen molar-refractivity contribution in [1.82, 2.24) is 5.32 Å². The van der Waals surface area contributed by atoms with Crippen molar-refractivity contribution >= 4 is 0 Å². The van der Waals surface area contributed by atoms with E-state index in [1.54, 1.807) is 0 Å². The molecule has 5 atom stereocenters. The fourth-order valence-corrected chi connectivity index (χ4v) is 1.15. The molecular weight excluding hydrogens is 234 g/mol. The maximum atomic E-state index is 9.41. The van der Waals surface area contributed by atoms with Crippen molar-refractivity contribution in [3.05, 3.63) is 0 Å². The lowest BCUT2D eigenvalue weighted by molar-refractivity contribution is -0.114. The Morgan fingerprint density at radius 1 is 0.706 bits per heavy atom. The van der Waals surface area contributed by atoms with E-state index in [1.807, 2.05) is 0 Å². The highest BCUT2D eigenvalue weighted by Gasteiger charge is 2.29. The molecule has 0 aromatic rings. The quantitative estimate of drug-likeness (QED) is 0.205. The van der Waals surface area contributed by atoms with Gasteiger partial charge in [0.2, 0.25) is 0 Å². The third kappa shape index (κ3) is 6.24. The summed E-state index contributed by atoms with van der Waals surface area (Å²) in [5.41, 5.74) is 0. The Balaban J connectivity index is 3.92. The van der Waals surface area contributed by atoms with Crippen LogP contribution in [0.4, 0.5) is 0 Å². The first-order chi connectivity index (χ1) is 7.93. The van der Waals surface area contributed by atoms with Crippen LogP contribution in [0, 0.1) is 0 Å². The van der Waals surface area contributed by atoms with Gasteiger partial charge in [-0.3, -0.25) is 0 Å². The van der Waals surface area contributed by atoms with Crippen molar-refractivity contribution in [3.8, 4) is 0 Å². The van der Waals surface area contributed by atoms with E-state index in [1.165, 1.54) is 0 Å². The molecule has 0 aliphatic rings. The highest BCUT2D eigenvalue weighted by Crippen LogP contribution is 2.04. The molecule has 0 fully saturated rings. The van der Waals surface area contributed by atoms with Gasteiger partial charge in [0.1, 0.15) is 18.3 Å². The van der Waals surface area contributed by atoms with Gasteiger partial charge in [-0.15, -0.1) is 0 Å². The van der Waals surface area contributed by atoms with Crippen molar-refractivity contribution in [3.63, 3.8) is 0 Å². The fraction of sp³-hybridized carbons (Fsp3) is 1.00. The van der Waals surface area contributed by atoms with Gasteiger partial charge < -0.3 is 41.1 Å². The zero-order chi connectivity index (χ0) is 13.4. The van der Waals surface area contributed by atoms with E-state index in [4.69, 9.17) is 20.4 Å². The van der Waals surface area contributed by atoms with Crippen LogP contribution < -0.4 is 5.32 Å². The summed E-state index contributed by atoms with van der Waals surface area (Å²) in [7, 11) is 0. The smallest absolute Gasteiger partial charge is 0.111 e. The molecule has 0 radical (unpaired) electrons. The Morgan fingerprint density at radius 3 is 1.71 bits per heavy atom. The molecule has 0 rings (SSSR count). The predicted molar refractivity (Wildman–Crippen MR) is 57.1 cm³/mol. The molecule has 8 N–H and O–H groups in total. The normalized spacial score (nSPS) is 20.6. The van der Waals surface area contributed by atoms with Gasteiger partial charge in [-0.25, -0.2) is 0 Å². The molecule has 0 bridgehead atoms. The van der Waals surface area contributed by atoms with Gasteiger partial charge in [0.15, 0.2) is 0 Å². The minimum absolute atomic E-state index is 0.0128. The zero-order valence-electron chi connectivity index (χ0n) is 9.35. The summed E-state index contributed by atoms with van der Waals surface area (Å²) < 4.78 is 0. The molecule has 0 aliphatic heterocycles. The molecule has 1 unspecified atom stereocenters. The molecule has 104 valence electrons. The number of rotatable bonds is 9. The van der Waals surface area contributed by atoms with Crippen molar-refractivity contribution in [2.45, 2.75) is 30.5 Å². The summed E-state index contributed by atoms with van der Waals surface area (Å²) in [6.07, 6.45) is -7.19. The summed E-state index contributed by atoms with van der Waals surface area (Å²) in [6.45, 7) is -1.30. The van der Waals surface area contributed by atoms with Crippen LogP contribution in [0.5, 0.6) is 0 Å². The van der Waals surface area contributed by atoms with Crippen LogP contribution in [0.15, 0.2) is 0 Å². The highest BCUT2D eigenvalue weighted by molar-refractivity contribution is 4.81. The third-order valence-corrected chi connectivity index (χ3v) is 2.27. The minimum atomic E-state index is -1.67. The van der Waals surface area contributed by atoms with E-state index in [-0.39, 0.29) is 13.1 Å². The lowest BCUT2D eigenvalue weighted by Gasteiger charge is -2.26. The molecule has 0 saturated carbocycles. The second kappa shape index (κ2) is 8.72. The molecule has 0 heterocycles. The first-order valence-corrected chi connectivity index (χ1v) is 5.26. The first-order valence-electron chi connectivity index (χ1n) is 5.26. The maximum absolute atomic E-state index is 9.41. The number of aliphatic hydroxyl groups excluding tert-OH is 7. The average molecular weight is 255 g/mol. The van der Waals surface area contributed by atoms with Crippen LogP contribution in [-0.4, -0.2) is 92.6 Å². The zero-order valence-corrected chi connectivity index (χ0v) is 9.35. The third-order valence-electron chi connectivity index (χ3n) is 2.27.